The molecule has 0 N–H and O–H groups in total. The molecule has 0 saturated heterocycles. The Morgan fingerprint density at radius 3 is 2.48 bits per heavy atom. The van der Waals surface area contributed by atoms with Crippen molar-refractivity contribution in [1.82, 2.24) is 9.55 Å². The summed E-state index contributed by atoms with van der Waals surface area (Å²) in [7, 11) is 0. The Morgan fingerprint density at radius 2 is 1.72 bits per heavy atom. The lowest BCUT2D eigenvalue weighted by atomic mass is 10.1. The average Bonchev–Trinajstić information content (AvgIpc) is 3.05. The van der Waals surface area contributed by atoms with Crippen LogP contribution in [0.2, 0.25) is 0 Å². The third-order valence-corrected chi connectivity index (χ3v) is 5.57. The molecule has 0 bridgehead atoms. The summed E-state index contributed by atoms with van der Waals surface area (Å²) in [4.78, 5) is 19.6. The molecular weight excluding hydrogens is 328 g/mol. The fourth-order valence-corrected chi connectivity index (χ4v) is 4.08. The zero-order valence-electron chi connectivity index (χ0n) is 14.2. The van der Waals surface area contributed by atoms with E-state index in [9.17, 15) is 4.79 Å². The van der Waals surface area contributed by atoms with Crippen LogP contribution in [-0.4, -0.2) is 9.55 Å². The maximum absolute atomic E-state index is 13.0. The predicted octanol–water partition coefficient (Wildman–Crippen LogP) is 4.79. The van der Waals surface area contributed by atoms with Crippen molar-refractivity contribution in [3.05, 3.63) is 88.0 Å². The van der Waals surface area contributed by atoms with E-state index in [2.05, 4.69) is 36.2 Å². The molecule has 124 valence electrons. The minimum absolute atomic E-state index is 0.0317. The highest BCUT2D eigenvalue weighted by Gasteiger charge is 2.13. The van der Waals surface area contributed by atoms with Gasteiger partial charge in [0.05, 0.1) is 11.9 Å². The quantitative estimate of drug-likeness (QED) is 0.534. The molecule has 4 heteroatoms. The molecule has 25 heavy (non-hydrogen) atoms. The van der Waals surface area contributed by atoms with E-state index in [0.717, 1.165) is 26.7 Å². The molecule has 0 atom stereocenters. The Labute approximate surface area is 150 Å². The number of rotatable bonds is 3. The maximum Gasteiger partial charge on any atom is 0.262 e. The summed E-state index contributed by atoms with van der Waals surface area (Å²) in [6.45, 7) is 4.53. The third-order valence-electron chi connectivity index (χ3n) is 4.49. The first-order valence-corrected chi connectivity index (χ1v) is 9.06. The molecule has 0 aliphatic rings. The van der Waals surface area contributed by atoms with Gasteiger partial charge in [-0.3, -0.25) is 9.36 Å². The van der Waals surface area contributed by atoms with Crippen LogP contribution in [0, 0.1) is 13.8 Å². The van der Waals surface area contributed by atoms with E-state index in [1.54, 1.807) is 15.9 Å². The molecule has 2 aromatic carbocycles. The van der Waals surface area contributed by atoms with Gasteiger partial charge in [0.15, 0.2) is 0 Å². The standard InChI is InChI=1S/C21H18N2OS/c1-14-8-6-7-11-17(14)13-23-15(2)22-20-18(21(23)24)12-19(25-20)16-9-4-3-5-10-16/h3-12H,13H2,1-2H3. The van der Waals surface area contributed by atoms with E-state index in [4.69, 9.17) is 0 Å². The zero-order chi connectivity index (χ0) is 17.4. The van der Waals surface area contributed by atoms with Gasteiger partial charge in [-0.15, -0.1) is 11.3 Å². The fourth-order valence-electron chi connectivity index (χ4n) is 3.01. The number of hydrogen-bond acceptors (Lipinski definition) is 3. The second-order valence-electron chi connectivity index (χ2n) is 6.17. The first-order valence-electron chi connectivity index (χ1n) is 8.24. The van der Waals surface area contributed by atoms with Gasteiger partial charge in [-0.25, -0.2) is 4.98 Å². The van der Waals surface area contributed by atoms with Crippen LogP contribution in [0.25, 0.3) is 20.7 Å². The summed E-state index contributed by atoms with van der Waals surface area (Å²) in [5, 5.41) is 0.697. The van der Waals surface area contributed by atoms with Gasteiger partial charge >= 0.3 is 0 Å². The molecule has 0 aliphatic heterocycles. The maximum atomic E-state index is 13.0. The van der Waals surface area contributed by atoms with Crippen LogP contribution < -0.4 is 5.56 Å². The molecule has 4 aromatic rings. The second-order valence-corrected chi connectivity index (χ2v) is 7.20. The minimum Gasteiger partial charge on any atom is -0.292 e. The normalized spacial score (nSPS) is 11.1. The lowest BCUT2D eigenvalue weighted by Crippen LogP contribution is -2.24. The lowest BCUT2D eigenvalue weighted by molar-refractivity contribution is 0.711. The van der Waals surface area contributed by atoms with E-state index < -0.39 is 0 Å². The van der Waals surface area contributed by atoms with Gasteiger partial charge in [-0.2, -0.15) is 0 Å². The Bertz CT molecular complexity index is 1110. The number of aromatic nitrogens is 2. The number of benzene rings is 2. The lowest BCUT2D eigenvalue weighted by Gasteiger charge is -2.11. The molecule has 0 radical (unpaired) electrons. The third kappa shape index (κ3) is 2.89. The van der Waals surface area contributed by atoms with Crippen molar-refractivity contribution in [2.45, 2.75) is 20.4 Å². The molecule has 0 saturated carbocycles. The van der Waals surface area contributed by atoms with Crippen LogP contribution in [0.1, 0.15) is 17.0 Å². The van der Waals surface area contributed by atoms with Crippen molar-refractivity contribution < 1.29 is 0 Å². The summed E-state index contributed by atoms with van der Waals surface area (Å²) < 4.78 is 1.77. The summed E-state index contributed by atoms with van der Waals surface area (Å²) >= 11 is 1.57. The monoisotopic (exact) mass is 346 g/mol. The van der Waals surface area contributed by atoms with Crippen LogP contribution in [0.3, 0.4) is 0 Å². The zero-order valence-corrected chi connectivity index (χ0v) is 15.0. The predicted molar refractivity (Wildman–Crippen MR) is 104 cm³/mol. The number of aryl methyl sites for hydroxylation is 2. The molecule has 0 spiro atoms. The Hall–Kier alpha value is -2.72. The molecule has 0 fully saturated rings. The van der Waals surface area contributed by atoms with E-state index in [-0.39, 0.29) is 5.56 Å². The minimum atomic E-state index is 0.0317. The van der Waals surface area contributed by atoms with Gasteiger partial charge < -0.3 is 0 Å². The van der Waals surface area contributed by atoms with Crippen molar-refractivity contribution in [2.24, 2.45) is 0 Å². The second kappa shape index (κ2) is 6.30. The van der Waals surface area contributed by atoms with Crippen molar-refractivity contribution in [2.75, 3.05) is 0 Å². The summed E-state index contributed by atoms with van der Waals surface area (Å²) in [5.41, 5.74) is 3.48. The average molecular weight is 346 g/mol. The van der Waals surface area contributed by atoms with Gasteiger partial charge in [0, 0.05) is 4.88 Å². The first-order chi connectivity index (χ1) is 12.1. The SMILES string of the molecule is Cc1ccccc1Cn1c(C)nc2sc(-c3ccccc3)cc2c1=O. The Morgan fingerprint density at radius 1 is 1.00 bits per heavy atom. The van der Waals surface area contributed by atoms with Gasteiger partial charge in [-0.05, 0) is 36.6 Å². The molecule has 0 amide bonds. The first kappa shape index (κ1) is 15.8. The molecule has 0 unspecified atom stereocenters. The summed E-state index contributed by atoms with van der Waals surface area (Å²) in [6, 6.07) is 20.3. The van der Waals surface area contributed by atoms with Crippen molar-refractivity contribution in [1.29, 1.82) is 0 Å². The highest BCUT2D eigenvalue weighted by molar-refractivity contribution is 7.21. The largest absolute Gasteiger partial charge is 0.292 e. The Balaban J connectivity index is 1.84. The van der Waals surface area contributed by atoms with Crippen LogP contribution in [0.4, 0.5) is 0 Å². The number of fused-ring (bicyclic) bond motifs is 1. The summed E-state index contributed by atoms with van der Waals surface area (Å²) in [6.07, 6.45) is 0. The van der Waals surface area contributed by atoms with Crippen LogP contribution in [0.5, 0.6) is 0 Å². The topological polar surface area (TPSA) is 34.9 Å². The highest BCUT2D eigenvalue weighted by Crippen LogP contribution is 2.31. The molecule has 4 rings (SSSR count). The molecule has 2 heterocycles. The van der Waals surface area contributed by atoms with E-state index >= 15 is 0 Å². The van der Waals surface area contributed by atoms with Crippen molar-refractivity contribution >= 4 is 21.6 Å². The number of thiophene rings is 1. The molecule has 3 nitrogen and oxygen atoms in total. The van der Waals surface area contributed by atoms with Crippen LogP contribution in [0.15, 0.2) is 65.5 Å². The highest BCUT2D eigenvalue weighted by atomic mass is 32.1. The van der Waals surface area contributed by atoms with Gasteiger partial charge in [0.2, 0.25) is 0 Å². The number of hydrogen-bond donors (Lipinski definition) is 0. The van der Waals surface area contributed by atoms with Gasteiger partial charge in [-0.1, -0.05) is 54.6 Å². The van der Waals surface area contributed by atoms with Gasteiger partial charge in [0.25, 0.3) is 5.56 Å². The van der Waals surface area contributed by atoms with Crippen molar-refractivity contribution in [3.63, 3.8) is 0 Å². The van der Waals surface area contributed by atoms with Gasteiger partial charge in [0.1, 0.15) is 10.7 Å². The van der Waals surface area contributed by atoms with Crippen LogP contribution in [-0.2, 0) is 6.54 Å². The van der Waals surface area contributed by atoms with E-state index in [1.165, 1.54) is 5.56 Å². The smallest absolute Gasteiger partial charge is 0.262 e. The molecule has 0 aliphatic carbocycles. The van der Waals surface area contributed by atoms with E-state index in [0.29, 0.717) is 11.9 Å². The Kier molecular flexibility index (Phi) is 3.98. The van der Waals surface area contributed by atoms with E-state index in [1.807, 2.05) is 43.3 Å². The number of nitrogens with zero attached hydrogens (tertiary/aromatic N) is 2. The summed E-state index contributed by atoms with van der Waals surface area (Å²) in [5.74, 6) is 0.752. The molecule has 2 aromatic heterocycles. The fraction of sp³-hybridized carbons (Fsp3) is 0.143. The van der Waals surface area contributed by atoms with Crippen molar-refractivity contribution in [3.8, 4) is 10.4 Å². The molecular formula is C21H18N2OS. The van der Waals surface area contributed by atoms with Crippen LogP contribution >= 0.6 is 11.3 Å².